The molecule has 0 aliphatic rings. The van der Waals surface area contributed by atoms with Crippen LogP contribution in [-0.4, -0.2) is 50.1 Å². The van der Waals surface area contributed by atoms with E-state index in [-0.39, 0.29) is 0 Å². The smallest absolute Gasteiger partial charge is 0.225 e. The molecule has 0 aliphatic heterocycles. The highest BCUT2D eigenvalue weighted by atomic mass is 16.5. The van der Waals surface area contributed by atoms with Crippen molar-refractivity contribution < 1.29 is 14.2 Å². The van der Waals surface area contributed by atoms with Gasteiger partial charge in [0.05, 0.1) is 19.8 Å². The Kier molecular flexibility index (Phi) is 7.83. The van der Waals surface area contributed by atoms with Crippen molar-refractivity contribution in [2.75, 3.05) is 45.4 Å². The van der Waals surface area contributed by atoms with Crippen molar-refractivity contribution in [2.24, 2.45) is 0 Å². The Morgan fingerprint density at radius 3 is 2.83 bits per heavy atom. The highest BCUT2D eigenvalue weighted by Crippen LogP contribution is 2.07. The summed E-state index contributed by atoms with van der Waals surface area (Å²) in [5, 5.41) is 3.10. The van der Waals surface area contributed by atoms with E-state index in [1.54, 1.807) is 19.4 Å². The summed E-state index contributed by atoms with van der Waals surface area (Å²) >= 11 is 0. The fourth-order valence-corrected chi connectivity index (χ4v) is 1.19. The van der Waals surface area contributed by atoms with Gasteiger partial charge in [-0.2, -0.15) is 4.98 Å². The van der Waals surface area contributed by atoms with Crippen LogP contribution < -0.4 is 10.1 Å². The molecule has 1 N–H and O–H groups in total. The van der Waals surface area contributed by atoms with E-state index < -0.39 is 0 Å². The summed E-state index contributed by atoms with van der Waals surface area (Å²) in [7, 11) is 1.64. The number of anilines is 1. The second-order valence-corrected chi connectivity index (χ2v) is 3.60. The van der Waals surface area contributed by atoms with Gasteiger partial charge in [0, 0.05) is 25.9 Å². The molecule has 18 heavy (non-hydrogen) atoms. The highest BCUT2D eigenvalue weighted by Gasteiger charge is 1.99. The van der Waals surface area contributed by atoms with E-state index in [0.29, 0.717) is 38.3 Å². The molecule has 0 radical (unpaired) electrons. The molecule has 0 saturated heterocycles. The SMILES string of the molecule is CCCNc1nccc(OCCOCCOC)n1. The summed E-state index contributed by atoms with van der Waals surface area (Å²) < 4.78 is 15.6. The number of hydrogen-bond donors (Lipinski definition) is 1. The summed E-state index contributed by atoms with van der Waals surface area (Å²) in [5.41, 5.74) is 0. The van der Waals surface area contributed by atoms with Gasteiger partial charge in [-0.15, -0.1) is 0 Å². The van der Waals surface area contributed by atoms with Crippen molar-refractivity contribution in [3.8, 4) is 5.88 Å². The van der Waals surface area contributed by atoms with Crippen LogP contribution in [0.5, 0.6) is 5.88 Å². The minimum Gasteiger partial charge on any atom is -0.475 e. The van der Waals surface area contributed by atoms with E-state index in [1.807, 2.05) is 0 Å². The van der Waals surface area contributed by atoms with Crippen LogP contribution in [0, 0.1) is 0 Å². The zero-order valence-electron chi connectivity index (χ0n) is 11.0. The molecule has 0 spiro atoms. The third-order valence-electron chi connectivity index (χ3n) is 2.07. The van der Waals surface area contributed by atoms with Gasteiger partial charge < -0.3 is 19.5 Å². The second-order valence-electron chi connectivity index (χ2n) is 3.60. The topological polar surface area (TPSA) is 65.5 Å². The molecule has 0 bridgehead atoms. The van der Waals surface area contributed by atoms with Crippen LogP contribution in [0.4, 0.5) is 5.95 Å². The maximum absolute atomic E-state index is 5.45. The summed E-state index contributed by atoms with van der Waals surface area (Å²) in [6, 6.07) is 1.73. The number of methoxy groups -OCH3 is 1. The first-order valence-electron chi connectivity index (χ1n) is 6.13. The van der Waals surface area contributed by atoms with Crippen LogP contribution in [-0.2, 0) is 9.47 Å². The van der Waals surface area contributed by atoms with Gasteiger partial charge in [-0.05, 0) is 6.42 Å². The lowest BCUT2D eigenvalue weighted by molar-refractivity contribution is 0.0537. The van der Waals surface area contributed by atoms with Crippen LogP contribution in [0.15, 0.2) is 12.3 Å². The van der Waals surface area contributed by atoms with Crippen molar-refractivity contribution in [1.82, 2.24) is 9.97 Å². The predicted molar refractivity (Wildman–Crippen MR) is 69.0 cm³/mol. The fraction of sp³-hybridized carbons (Fsp3) is 0.667. The normalized spacial score (nSPS) is 10.3. The summed E-state index contributed by atoms with van der Waals surface area (Å²) in [5.74, 6) is 1.15. The lowest BCUT2D eigenvalue weighted by Gasteiger charge is -2.07. The van der Waals surface area contributed by atoms with E-state index in [9.17, 15) is 0 Å². The number of aromatic nitrogens is 2. The number of hydrogen-bond acceptors (Lipinski definition) is 6. The van der Waals surface area contributed by atoms with Crippen molar-refractivity contribution >= 4 is 5.95 Å². The molecule has 0 aliphatic carbocycles. The zero-order valence-corrected chi connectivity index (χ0v) is 11.0. The van der Waals surface area contributed by atoms with E-state index in [1.165, 1.54) is 0 Å². The van der Waals surface area contributed by atoms with Gasteiger partial charge in [0.25, 0.3) is 0 Å². The minimum atomic E-state index is 0.466. The van der Waals surface area contributed by atoms with E-state index in [4.69, 9.17) is 14.2 Å². The fourth-order valence-electron chi connectivity index (χ4n) is 1.19. The van der Waals surface area contributed by atoms with Crippen LogP contribution in [0.25, 0.3) is 0 Å². The molecule has 0 saturated carbocycles. The summed E-state index contributed by atoms with van der Waals surface area (Å²) in [6.45, 7) is 5.10. The first-order chi connectivity index (χ1) is 8.86. The number of ether oxygens (including phenoxy) is 3. The van der Waals surface area contributed by atoms with Gasteiger partial charge >= 0.3 is 0 Å². The van der Waals surface area contributed by atoms with Crippen molar-refractivity contribution in [1.29, 1.82) is 0 Å². The molecule has 6 nitrogen and oxygen atoms in total. The van der Waals surface area contributed by atoms with E-state index in [2.05, 4.69) is 22.2 Å². The van der Waals surface area contributed by atoms with Gasteiger partial charge in [0.15, 0.2) is 0 Å². The van der Waals surface area contributed by atoms with Crippen LogP contribution >= 0.6 is 0 Å². The molecular weight excluding hydrogens is 234 g/mol. The van der Waals surface area contributed by atoms with Gasteiger partial charge in [0.1, 0.15) is 6.61 Å². The molecule has 0 aromatic carbocycles. The maximum atomic E-state index is 5.45. The molecule has 1 rings (SSSR count). The molecule has 0 fully saturated rings. The molecular formula is C12H21N3O3. The monoisotopic (exact) mass is 255 g/mol. The number of nitrogens with one attached hydrogen (secondary N) is 1. The lowest BCUT2D eigenvalue weighted by atomic mass is 10.5. The number of rotatable bonds is 10. The first-order valence-corrected chi connectivity index (χ1v) is 6.13. The Morgan fingerprint density at radius 2 is 2.06 bits per heavy atom. The molecule has 6 heteroatoms. The first kappa shape index (κ1) is 14.7. The summed E-state index contributed by atoms with van der Waals surface area (Å²) in [6.07, 6.45) is 2.70. The average molecular weight is 255 g/mol. The van der Waals surface area contributed by atoms with Crippen LogP contribution in [0.2, 0.25) is 0 Å². The van der Waals surface area contributed by atoms with Gasteiger partial charge in [0.2, 0.25) is 11.8 Å². The molecule has 102 valence electrons. The Labute approximate surface area is 108 Å². The lowest BCUT2D eigenvalue weighted by Crippen LogP contribution is -2.11. The molecule has 0 amide bonds. The van der Waals surface area contributed by atoms with Gasteiger partial charge in [-0.3, -0.25) is 0 Å². The largest absolute Gasteiger partial charge is 0.475 e. The standard InChI is InChI=1S/C12H21N3O3/c1-3-5-13-12-14-6-4-11(15-12)18-10-9-17-8-7-16-2/h4,6H,3,5,7-10H2,1-2H3,(H,13,14,15). The third kappa shape index (κ3) is 6.36. The Morgan fingerprint density at radius 1 is 1.22 bits per heavy atom. The van der Waals surface area contributed by atoms with E-state index >= 15 is 0 Å². The molecule has 1 aromatic rings. The maximum Gasteiger partial charge on any atom is 0.225 e. The van der Waals surface area contributed by atoms with Gasteiger partial charge in [-0.25, -0.2) is 4.98 Å². The second kappa shape index (κ2) is 9.61. The van der Waals surface area contributed by atoms with Crippen LogP contribution in [0.1, 0.15) is 13.3 Å². The minimum absolute atomic E-state index is 0.466. The average Bonchev–Trinajstić information content (AvgIpc) is 2.41. The Balaban J connectivity index is 2.20. The molecule has 1 heterocycles. The van der Waals surface area contributed by atoms with Crippen molar-refractivity contribution in [3.63, 3.8) is 0 Å². The highest BCUT2D eigenvalue weighted by molar-refractivity contribution is 5.27. The predicted octanol–water partition coefficient (Wildman–Crippen LogP) is 1.34. The molecule has 1 aromatic heterocycles. The Hall–Kier alpha value is -1.40. The van der Waals surface area contributed by atoms with Gasteiger partial charge in [-0.1, -0.05) is 6.92 Å². The van der Waals surface area contributed by atoms with Crippen molar-refractivity contribution in [2.45, 2.75) is 13.3 Å². The molecule has 0 unspecified atom stereocenters. The quantitative estimate of drug-likeness (QED) is 0.636. The molecule has 0 atom stereocenters. The van der Waals surface area contributed by atoms with E-state index in [0.717, 1.165) is 13.0 Å². The summed E-state index contributed by atoms with van der Waals surface area (Å²) in [4.78, 5) is 8.32. The van der Waals surface area contributed by atoms with Crippen LogP contribution in [0.3, 0.4) is 0 Å². The van der Waals surface area contributed by atoms with Crippen molar-refractivity contribution in [3.05, 3.63) is 12.3 Å². The third-order valence-corrected chi connectivity index (χ3v) is 2.07. The number of nitrogens with zero attached hydrogens (tertiary/aromatic N) is 2. The Bertz CT molecular complexity index is 323. The zero-order chi connectivity index (χ0) is 13.1.